The zero-order chi connectivity index (χ0) is 19.3. The summed E-state index contributed by atoms with van der Waals surface area (Å²) in [5.41, 5.74) is 2.50. The number of nitrogens with zero attached hydrogens (tertiary/aromatic N) is 2. The number of rotatable bonds is 5. The quantitative estimate of drug-likeness (QED) is 0.617. The van der Waals surface area contributed by atoms with Crippen LogP contribution >= 0.6 is 0 Å². The molecule has 2 aliphatic heterocycles. The number of fused-ring (bicyclic) bond motifs is 1. The van der Waals surface area contributed by atoms with E-state index in [2.05, 4.69) is 57.8 Å². The molecule has 28 heavy (non-hydrogen) atoms. The van der Waals surface area contributed by atoms with Crippen LogP contribution in [-0.2, 0) is 13.1 Å². The number of aliphatic imine (C=N–C) groups is 1. The Labute approximate surface area is 166 Å². The van der Waals surface area contributed by atoms with E-state index in [1.165, 1.54) is 5.56 Å². The molecule has 2 unspecified atom stereocenters. The summed E-state index contributed by atoms with van der Waals surface area (Å²) in [5, 5.41) is 6.98. The van der Waals surface area contributed by atoms with Gasteiger partial charge in [-0.05, 0) is 36.6 Å². The molecule has 1 fully saturated rings. The van der Waals surface area contributed by atoms with Crippen molar-refractivity contribution in [2.45, 2.75) is 38.5 Å². The molecule has 0 radical (unpaired) electrons. The molecule has 6 nitrogen and oxygen atoms in total. The number of benzene rings is 2. The molecular weight excluding hydrogens is 352 g/mol. The van der Waals surface area contributed by atoms with Gasteiger partial charge in [0.05, 0.1) is 0 Å². The Morgan fingerprint density at radius 2 is 1.93 bits per heavy atom. The lowest BCUT2D eigenvalue weighted by atomic mass is 10.2. The predicted octanol–water partition coefficient (Wildman–Crippen LogP) is 2.74. The second-order valence-electron chi connectivity index (χ2n) is 7.45. The predicted molar refractivity (Wildman–Crippen MR) is 111 cm³/mol. The second-order valence-corrected chi connectivity index (χ2v) is 7.45. The van der Waals surface area contributed by atoms with Gasteiger partial charge in [-0.2, -0.15) is 0 Å². The molecule has 0 bridgehead atoms. The monoisotopic (exact) mass is 380 g/mol. The van der Waals surface area contributed by atoms with Gasteiger partial charge in [-0.25, -0.2) is 0 Å². The molecule has 148 valence electrons. The normalized spacial score (nSPS) is 21.7. The van der Waals surface area contributed by atoms with Crippen LogP contribution in [0.5, 0.6) is 11.5 Å². The molecular formula is C22H28N4O2. The van der Waals surface area contributed by atoms with Gasteiger partial charge in [0.15, 0.2) is 17.5 Å². The van der Waals surface area contributed by atoms with Crippen molar-refractivity contribution in [1.29, 1.82) is 0 Å². The van der Waals surface area contributed by atoms with Gasteiger partial charge in [-0.3, -0.25) is 9.89 Å². The summed E-state index contributed by atoms with van der Waals surface area (Å²) in [6, 6.07) is 17.6. The fourth-order valence-electron chi connectivity index (χ4n) is 3.87. The highest BCUT2D eigenvalue weighted by molar-refractivity contribution is 5.80. The van der Waals surface area contributed by atoms with Crippen molar-refractivity contribution in [2.75, 3.05) is 20.4 Å². The maximum Gasteiger partial charge on any atom is 0.231 e. The summed E-state index contributed by atoms with van der Waals surface area (Å²) >= 11 is 0. The van der Waals surface area contributed by atoms with Crippen LogP contribution in [0.3, 0.4) is 0 Å². The Kier molecular flexibility index (Phi) is 5.67. The molecule has 2 atom stereocenters. The van der Waals surface area contributed by atoms with Crippen molar-refractivity contribution in [3.05, 3.63) is 59.7 Å². The average molecular weight is 380 g/mol. The van der Waals surface area contributed by atoms with Crippen molar-refractivity contribution in [1.82, 2.24) is 15.5 Å². The minimum absolute atomic E-state index is 0.300. The van der Waals surface area contributed by atoms with Gasteiger partial charge in [0, 0.05) is 38.8 Å². The van der Waals surface area contributed by atoms with Crippen LogP contribution in [-0.4, -0.2) is 43.3 Å². The van der Waals surface area contributed by atoms with Crippen molar-refractivity contribution in [3.63, 3.8) is 0 Å². The van der Waals surface area contributed by atoms with Crippen molar-refractivity contribution >= 4 is 5.96 Å². The fraction of sp³-hybridized carbons (Fsp3) is 0.409. The van der Waals surface area contributed by atoms with Crippen molar-refractivity contribution in [3.8, 4) is 11.5 Å². The Morgan fingerprint density at radius 3 is 2.75 bits per heavy atom. The Morgan fingerprint density at radius 1 is 1.11 bits per heavy atom. The maximum absolute atomic E-state index is 5.45. The van der Waals surface area contributed by atoms with E-state index in [0.717, 1.165) is 42.5 Å². The summed E-state index contributed by atoms with van der Waals surface area (Å²) < 4.78 is 10.8. The molecule has 4 rings (SSSR count). The van der Waals surface area contributed by atoms with E-state index in [0.29, 0.717) is 25.4 Å². The standard InChI is InChI=1S/C22H28N4O2/c1-16-10-19(14-26(16)13-17-6-4-3-5-7-17)25-22(23-2)24-12-18-8-9-20-21(11-18)28-15-27-20/h3-9,11,16,19H,10,12-15H2,1-2H3,(H2,23,24,25). The second kappa shape index (κ2) is 8.52. The zero-order valence-electron chi connectivity index (χ0n) is 16.5. The van der Waals surface area contributed by atoms with Gasteiger partial charge >= 0.3 is 0 Å². The van der Waals surface area contributed by atoms with Crippen molar-refractivity contribution in [2.24, 2.45) is 4.99 Å². The van der Waals surface area contributed by atoms with Crippen LogP contribution < -0.4 is 20.1 Å². The molecule has 1 saturated heterocycles. The summed E-state index contributed by atoms with van der Waals surface area (Å²) in [6.45, 7) is 5.29. The molecule has 2 N–H and O–H groups in total. The van der Waals surface area contributed by atoms with E-state index in [1.807, 2.05) is 25.2 Å². The molecule has 0 spiro atoms. The first-order chi connectivity index (χ1) is 13.7. The topological polar surface area (TPSA) is 58.1 Å². The largest absolute Gasteiger partial charge is 0.454 e. The van der Waals surface area contributed by atoms with Gasteiger partial charge in [0.1, 0.15) is 0 Å². The van der Waals surface area contributed by atoms with E-state index in [1.54, 1.807) is 0 Å². The van der Waals surface area contributed by atoms with E-state index < -0.39 is 0 Å². The smallest absolute Gasteiger partial charge is 0.231 e. The molecule has 2 heterocycles. The molecule has 0 amide bonds. The molecule has 2 aromatic carbocycles. The van der Waals surface area contributed by atoms with E-state index in [9.17, 15) is 0 Å². The SMILES string of the molecule is CN=C(NCc1ccc2c(c1)OCO2)NC1CC(C)N(Cc2ccccc2)C1. The number of hydrogen-bond acceptors (Lipinski definition) is 4. The molecule has 0 aromatic heterocycles. The van der Waals surface area contributed by atoms with Crippen LogP contribution in [0.4, 0.5) is 0 Å². The lowest BCUT2D eigenvalue weighted by Crippen LogP contribution is -2.44. The third kappa shape index (κ3) is 4.39. The fourth-order valence-corrected chi connectivity index (χ4v) is 3.87. The van der Waals surface area contributed by atoms with Gasteiger partial charge in [-0.1, -0.05) is 36.4 Å². The van der Waals surface area contributed by atoms with Crippen LogP contribution in [0.1, 0.15) is 24.5 Å². The van der Waals surface area contributed by atoms with Gasteiger partial charge in [0.2, 0.25) is 6.79 Å². The lowest BCUT2D eigenvalue weighted by Gasteiger charge is -2.21. The minimum Gasteiger partial charge on any atom is -0.454 e. The minimum atomic E-state index is 0.300. The summed E-state index contributed by atoms with van der Waals surface area (Å²) in [7, 11) is 1.81. The molecule has 0 saturated carbocycles. The van der Waals surface area contributed by atoms with Crippen LogP contribution in [0.25, 0.3) is 0 Å². The number of guanidine groups is 1. The highest BCUT2D eigenvalue weighted by Gasteiger charge is 2.29. The first kappa shape index (κ1) is 18.6. The first-order valence-electron chi connectivity index (χ1n) is 9.85. The number of hydrogen-bond donors (Lipinski definition) is 2. The Hall–Kier alpha value is -2.73. The van der Waals surface area contributed by atoms with E-state index in [4.69, 9.17) is 9.47 Å². The first-order valence-corrected chi connectivity index (χ1v) is 9.85. The summed E-state index contributed by atoms with van der Waals surface area (Å²) in [5.74, 6) is 2.45. The molecule has 2 aliphatic rings. The Bertz CT molecular complexity index is 825. The van der Waals surface area contributed by atoms with E-state index >= 15 is 0 Å². The van der Waals surface area contributed by atoms with Gasteiger partial charge in [-0.15, -0.1) is 0 Å². The molecule has 6 heteroatoms. The highest BCUT2D eigenvalue weighted by atomic mass is 16.7. The maximum atomic E-state index is 5.45. The number of nitrogens with one attached hydrogen (secondary N) is 2. The lowest BCUT2D eigenvalue weighted by molar-refractivity contribution is 0.174. The van der Waals surface area contributed by atoms with Crippen molar-refractivity contribution < 1.29 is 9.47 Å². The average Bonchev–Trinajstić information content (AvgIpc) is 3.32. The van der Waals surface area contributed by atoms with Gasteiger partial charge < -0.3 is 20.1 Å². The van der Waals surface area contributed by atoms with Gasteiger partial charge in [0.25, 0.3) is 0 Å². The summed E-state index contributed by atoms with van der Waals surface area (Å²) in [6.07, 6.45) is 1.11. The third-order valence-corrected chi connectivity index (χ3v) is 5.39. The molecule has 0 aliphatic carbocycles. The molecule has 2 aromatic rings. The van der Waals surface area contributed by atoms with Crippen LogP contribution in [0.15, 0.2) is 53.5 Å². The summed E-state index contributed by atoms with van der Waals surface area (Å²) in [4.78, 5) is 6.92. The number of ether oxygens (including phenoxy) is 2. The van der Waals surface area contributed by atoms with E-state index in [-0.39, 0.29) is 0 Å². The van der Waals surface area contributed by atoms with Crippen LogP contribution in [0.2, 0.25) is 0 Å². The Balaban J connectivity index is 1.29. The highest BCUT2D eigenvalue weighted by Crippen LogP contribution is 2.32. The number of likely N-dealkylation sites (tertiary alicyclic amines) is 1. The third-order valence-electron chi connectivity index (χ3n) is 5.39. The van der Waals surface area contributed by atoms with Crippen LogP contribution in [0, 0.1) is 0 Å². The zero-order valence-corrected chi connectivity index (χ0v) is 16.5.